The molecule has 0 aliphatic carbocycles. The number of aromatic nitrogens is 4. The van der Waals surface area contributed by atoms with Crippen molar-refractivity contribution in [2.24, 2.45) is 0 Å². The molecule has 0 unspecified atom stereocenters. The minimum atomic E-state index is -0.0573. The van der Waals surface area contributed by atoms with Crippen molar-refractivity contribution in [3.05, 3.63) is 40.7 Å². The number of carbonyl (C=O) groups is 1. The Labute approximate surface area is 160 Å². The summed E-state index contributed by atoms with van der Waals surface area (Å²) in [6, 6.07) is 1.87. The summed E-state index contributed by atoms with van der Waals surface area (Å²) >= 11 is 0. The van der Waals surface area contributed by atoms with Crippen LogP contribution in [-0.2, 0) is 18.4 Å². The Bertz CT molecular complexity index is 831. The number of aromatic amines is 1. The summed E-state index contributed by atoms with van der Waals surface area (Å²) in [5.74, 6) is 1.32. The molecule has 2 aromatic rings. The van der Waals surface area contributed by atoms with Crippen molar-refractivity contribution < 1.29 is 4.79 Å². The van der Waals surface area contributed by atoms with Crippen LogP contribution >= 0.6 is 0 Å². The predicted octanol–water partition coefficient (Wildman–Crippen LogP) is 2.16. The van der Waals surface area contributed by atoms with E-state index in [1.807, 2.05) is 17.2 Å². The first-order chi connectivity index (χ1) is 12.9. The molecule has 2 aliphatic rings. The van der Waals surface area contributed by atoms with E-state index < -0.39 is 0 Å². The lowest BCUT2D eigenvalue weighted by Crippen LogP contribution is -2.37. The van der Waals surface area contributed by atoms with Gasteiger partial charge in [-0.15, -0.1) is 0 Å². The molecule has 2 aliphatic heterocycles. The molecule has 144 valence electrons. The molecule has 0 saturated carbocycles. The fourth-order valence-electron chi connectivity index (χ4n) is 3.75. The molecule has 0 radical (unpaired) electrons. The first-order valence-corrected chi connectivity index (χ1v) is 9.82. The van der Waals surface area contributed by atoms with Crippen LogP contribution in [0.5, 0.6) is 0 Å². The second kappa shape index (κ2) is 7.03. The van der Waals surface area contributed by atoms with E-state index in [-0.39, 0.29) is 11.3 Å². The molecule has 7 heteroatoms. The van der Waals surface area contributed by atoms with Crippen molar-refractivity contribution >= 4 is 5.91 Å². The van der Waals surface area contributed by atoms with Crippen molar-refractivity contribution in [3.63, 3.8) is 0 Å². The van der Waals surface area contributed by atoms with Crippen molar-refractivity contribution in [2.75, 3.05) is 19.6 Å². The van der Waals surface area contributed by atoms with Crippen LogP contribution in [0.25, 0.3) is 0 Å². The number of hydrogen-bond acceptors (Lipinski definition) is 5. The number of amides is 1. The summed E-state index contributed by atoms with van der Waals surface area (Å²) in [5, 5.41) is 10.7. The monoisotopic (exact) mass is 368 g/mol. The molecule has 2 aromatic heterocycles. The number of nitrogens with zero attached hydrogens (tertiary/aromatic N) is 4. The van der Waals surface area contributed by atoms with Crippen LogP contribution in [0, 0.1) is 0 Å². The smallest absolute Gasteiger partial charge is 0.274 e. The first kappa shape index (κ1) is 18.1. The largest absolute Gasteiger partial charge is 0.332 e. The fourth-order valence-corrected chi connectivity index (χ4v) is 3.75. The van der Waals surface area contributed by atoms with E-state index in [4.69, 9.17) is 4.98 Å². The summed E-state index contributed by atoms with van der Waals surface area (Å²) in [6.07, 6.45) is 5.00. The molecule has 4 heterocycles. The number of rotatable bonds is 2. The number of piperidine rings is 1. The third kappa shape index (κ3) is 3.74. The SMILES string of the molecule is CC(C)(C)c1cc(C(=O)N2CCc3nc([C@H]4CCCNC4)ncc3C2)n[nH]1. The minimum Gasteiger partial charge on any atom is -0.332 e. The van der Waals surface area contributed by atoms with E-state index in [2.05, 4.69) is 41.3 Å². The van der Waals surface area contributed by atoms with Gasteiger partial charge in [0, 0.05) is 54.8 Å². The van der Waals surface area contributed by atoms with Gasteiger partial charge in [-0.25, -0.2) is 9.97 Å². The minimum absolute atomic E-state index is 0.0343. The van der Waals surface area contributed by atoms with Gasteiger partial charge in [0.15, 0.2) is 0 Å². The second-order valence-electron chi connectivity index (χ2n) is 8.64. The van der Waals surface area contributed by atoms with Gasteiger partial charge in [-0.1, -0.05) is 20.8 Å². The average Bonchev–Trinajstić information content (AvgIpc) is 3.18. The van der Waals surface area contributed by atoms with E-state index in [9.17, 15) is 4.79 Å². The van der Waals surface area contributed by atoms with Gasteiger partial charge in [0.2, 0.25) is 0 Å². The van der Waals surface area contributed by atoms with Crippen molar-refractivity contribution in [2.45, 2.75) is 57.9 Å². The quantitative estimate of drug-likeness (QED) is 0.848. The Morgan fingerprint density at radius 1 is 1.33 bits per heavy atom. The zero-order chi connectivity index (χ0) is 19.0. The first-order valence-electron chi connectivity index (χ1n) is 9.82. The van der Waals surface area contributed by atoms with Gasteiger partial charge in [-0.05, 0) is 25.5 Å². The summed E-state index contributed by atoms with van der Waals surface area (Å²) < 4.78 is 0. The van der Waals surface area contributed by atoms with E-state index in [1.165, 1.54) is 6.42 Å². The highest BCUT2D eigenvalue weighted by Gasteiger charge is 2.27. The van der Waals surface area contributed by atoms with Crippen LogP contribution in [0.15, 0.2) is 12.3 Å². The third-order valence-electron chi connectivity index (χ3n) is 5.51. The third-order valence-corrected chi connectivity index (χ3v) is 5.51. The fraction of sp³-hybridized carbons (Fsp3) is 0.600. The summed E-state index contributed by atoms with van der Waals surface area (Å²) in [6.45, 7) is 9.56. The van der Waals surface area contributed by atoms with Crippen LogP contribution < -0.4 is 5.32 Å². The van der Waals surface area contributed by atoms with Gasteiger partial charge in [-0.3, -0.25) is 9.89 Å². The van der Waals surface area contributed by atoms with Crippen molar-refractivity contribution in [1.29, 1.82) is 0 Å². The maximum atomic E-state index is 12.9. The highest BCUT2D eigenvalue weighted by molar-refractivity contribution is 5.92. The number of carbonyl (C=O) groups excluding carboxylic acids is 1. The predicted molar refractivity (Wildman–Crippen MR) is 103 cm³/mol. The molecule has 1 atom stereocenters. The maximum absolute atomic E-state index is 12.9. The Balaban J connectivity index is 1.48. The molecule has 1 saturated heterocycles. The van der Waals surface area contributed by atoms with Gasteiger partial charge < -0.3 is 10.2 Å². The lowest BCUT2D eigenvalue weighted by Gasteiger charge is -2.28. The van der Waals surface area contributed by atoms with Gasteiger partial charge in [-0.2, -0.15) is 5.10 Å². The van der Waals surface area contributed by atoms with Crippen LogP contribution in [0.4, 0.5) is 0 Å². The molecule has 1 fully saturated rings. The zero-order valence-electron chi connectivity index (χ0n) is 16.4. The van der Waals surface area contributed by atoms with E-state index in [0.29, 0.717) is 24.7 Å². The lowest BCUT2D eigenvalue weighted by atomic mass is 9.92. The van der Waals surface area contributed by atoms with E-state index in [0.717, 1.165) is 48.7 Å². The Hall–Kier alpha value is -2.28. The average molecular weight is 368 g/mol. The molecule has 2 N–H and O–H groups in total. The topological polar surface area (TPSA) is 86.8 Å². The molecule has 1 amide bonds. The Morgan fingerprint density at radius 2 is 2.19 bits per heavy atom. The number of hydrogen-bond donors (Lipinski definition) is 2. The lowest BCUT2D eigenvalue weighted by molar-refractivity contribution is 0.0727. The van der Waals surface area contributed by atoms with Crippen molar-refractivity contribution in [3.8, 4) is 0 Å². The summed E-state index contributed by atoms with van der Waals surface area (Å²) in [4.78, 5) is 24.1. The zero-order valence-corrected chi connectivity index (χ0v) is 16.4. The van der Waals surface area contributed by atoms with Crippen LogP contribution in [-0.4, -0.2) is 50.6 Å². The number of H-pyrrole nitrogens is 1. The molecule has 0 bridgehead atoms. The van der Waals surface area contributed by atoms with Crippen LogP contribution in [0.1, 0.15) is 72.8 Å². The normalized spacial score (nSPS) is 20.4. The number of nitrogens with one attached hydrogen (secondary N) is 2. The highest BCUT2D eigenvalue weighted by atomic mass is 16.2. The van der Waals surface area contributed by atoms with Gasteiger partial charge in [0.05, 0.1) is 5.69 Å². The van der Waals surface area contributed by atoms with Gasteiger partial charge in [0.1, 0.15) is 11.5 Å². The number of fused-ring (bicyclic) bond motifs is 1. The van der Waals surface area contributed by atoms with Crippen molar-refractivity contribution in [1.82, 2.24) is 30.4 Å². The van der Waals surface area contributed by atoms with Crippen LogP contribution in [0.3, 0.4) is 0 Å². The molecular formula is C20H28N6O. The van der Waals surface area contributed by atoms with E-state index >= 15 is 0 Å². The molecule has 0 spiro atoms. The Kier molecular flexibility index (Phi) is 4.72. The second-order valence-corrected chi connectivity index (χ2v) is 8.64. The summed E-state index contributed by atoms with van der Waals surface area (Å²) in [5.41, 5.74) is 3.53. The molecule has 0 aromatic carbocycles. The molecule has 27 heavy (non-hydrogen) atoms. The van der Waals surface area contributed by atoms with E-state index in [1.54, 1.807) is 0 Å². The highest BCUT2D eigenvalue weighted by Crippen LogP contribution is 2.25. The van der Waals surface area contributed by atoms with Gasteiger partial charge in [0.25, 0.3) is 5.91 Å². The molecule has 4 rings (SSSR count). The standard InChI is InChI=1S/C20H28N6O/c1-20(2,3)17-9-16(24-25-17)19(27)26-8-6-15-14(12-26)11-22-18(23-15)13-5-4-7-21-10-13/h9,11,13,21H,4-8,10,12H2,1-3H3,(H,24,25)/t13-/m0/s1. The maximum Gasteiger partial charge on any atom is 0.274 e. The van der Waals surface area contributed by atoms with Gasteiger partial charge >= 0.3 is 0 Å². The molecular weight excluding hydrogens is 340 g/mol. The Morgan fingerprint density at radius 3 is 2.89 bits per heavy atom. The summed E-state index contributed by atoms with van der Waals surface area (Å²) in [7, 11) is 0. The van der Waals surface area contributed by atoms with Crippen LogP contribution in [0.2, 0.25) is 0 Å². The molecule has 7 nitrogen and oxygen atoms in total.